The van der Waals surface area contributed by atoms with Gasteiger partial charge in [-0.2, -0.15) is 0 Å². The Labute approximate surface area is 122 Å². The lowest BCUT2D eigenvalue weighted by Gasteiger charge is -2.19. The van der Waals surface area contributed by atoms with E-state index in [2.05, 4.69) is 42.6 Å². The minimum Gasteiger partial charge on any atom is -0.378 e. The first-order chi connectivity index (χ1) is 9.79. The second-order valence-corrected chi connectivity index (χ2v) is 5.81. The van der Waals surface area contributed by atoms with Gasteiger partial charge in [0, 0.05) is 25.7 Å². The molecule has 0 aromatic heterocycles. The van der Waals surface area contributed by atoms with Crippen LogP contribution < -0.4 is 11.1 Å². The van der Waals surface area contributed by atoms with Crippen LogP contribution in [0.15, 0.2) is 30.3 Å². The van der Waals surface area contributed by atoms with E-state index in [1.54, 1.807) is 0 Å². The van der Waals surface area contributed by atoms with E-state index in [0.29, 0.717) is 12.0 Å². The van der Waals surface area contributed by atoms with E-state index in [4.69, 9.17) is 10.5 Å². The third kappa shape index (κ3) is 4.89. The van der Waals surface area contributed by atoms with Gasteiger partial charge in [0.05, 0.1) is 6.10 Å². The van der Waals surface area contributed by atoms with Crippen molar-refractivity contribution in [2.45, 2.75) is 44.8 Å². The third-order valence-corrected chi connectivity index (χ3v) is 4.21. The van der Waals surface area contributed by atoms with E-state index in [9.17, 15) is 0 Å². The molecule has 0 spiro atoms. The van der Waals surface area contributed by atoms with E-state index in [0.717, 1.165) is 39.0 Å². The van der Waals surface area contributed by atoms with Crippen LogP contribution in [-0.4, -0.2) is 31.8 Å². The predicted octanol–water partition coefficient (Wildman–Crippen LogP) is 2.35. The highest BCUT2D eigenvalue weighted by molar-refractivity contribution is 5.14. The lowest BCUT2D eigenvalue weighted by Crippen LogP contribution is -2.38. The van der Waals surface area contributed by atoms with Crippen LogP contribution in [0.3, 0.4) is 0 Å². The largest absolute Gasteiger partial charge is 0.378 e. The Hall–Kier alpha value is -0.900. The molecule has 1 fully saturated rings. The van der Waals surface area contributed by atoms with Crippen LogP contribution in [-0.2, 0) is 11.2 Å². The molecule has 20 heavy (non-hydrogen) atoms. The minimum atomic E-state index is 0.234. The zero-order valence-electron chi connectivity index (χ0n) is 12.6. The maximum atomic E-state index is 6.18. The Morgan fingerprint density at radius 2 is 2.15 bits per heavy atom. The topological polar surface area (TPSA) is 47.3 Å². The highest BCUT2D eigenvalue weighted by atomic mass is 16.5. The minimum absolute atomic E-state index is 0.234. The number of aryl methyl sites for hydroxylation is 1. The van der Waals surface area contributed by atoms with Gasteiger partial charge in [0.2, 0.25) is 0 Å². The van der Waals surface area contributed by atoms with Gasteiger partial charge in [-0.15, -0.1) is 0 Å². The molecule has 0 saturated carbocycles. The first kappa shape index (κ1) is 15.5. The SMILES string of the molecule is CCC1OCCC1CNCC(N)CCc1ccccc1. The Bertz CT molecular complexity index is 369. The van der Waals surface area contributed by atoms with Crippen LogP contribution in [0.4, 0.5) is 0 Å². The van der Waals surface area contributed by atoms with E-state index in [-0.39, 0.29) is 6.04 Å². The molecule has 3 unspecified atom stereocenters. The summed E-state index contributed by atoms with van der Waals surface area (Å²) in [4.78, 5) is 0. The summed E-state index contributed by atoms with van der Waals surface area (Å²) in [7, 11) is 0. The summed E-state index contributed by atoms with van der Waals surface area (Å²) < 4.78 is 5.71. The van der Waals surface area contributed by atoms with Gasteiger partial charge in [0.1, 0.15) is 0 Å². The summed E-state index contributed by atoms with van der Waals surface area (Å²) in [6.07, 6.45) is 4.85. The molecule has 0 radical (unpaired) electrons. The van der Waals surface area contributed by atoms with Crippen LogP contribution in [0.25, 0.3) is 0 Å². The van der Waals surface area contributed by atoms with Crippen LogP contribution in [0, 0.1) is 5.92 Å². The van der Waals surface area contributed by atoms with E-state index >= 15 is 0 Å². The van der Waals surface area contributed by atoms with Crippen molar-refractivity contribution in [1.29, 1.82) is 0 Å². The van der Waals surface area contributed by atoms with Gasteiger partial charge >= 0.3 is 0 Å². The zero-order chi connectivity index (χ0) is 14.2. The normalized spacial score (nSPS) is 23.9. The Balaban J connectivity index is 1.59. The molecule has 3 N–H and O–H groups in total. The monoisotopic (exact) mass is 276 g/mol. The number of nitrogens with one attached hydrogen (secondary N) is 1. The first-order valence-corrected chi connectivity index (χ1v) is 7.91. The molecule has 1 aliphatic rings. The smallest absolute Gasteiger partial charge is 0.0613 e. The average Bonchev–Trinajstić information content (AvgIpc) is 2.94. The van der Waals surface area contributed by atoms with Crippen LogP contribution in [0.5, 0.6) is 0 Å². The van der Waals surface area contributed by atoms with E-state index < -0.39 is 0 Å². The van der Waals surface area contributed by atoms with Crippen LogP contribution >= 0.6 is 0 Å². The Kier molecular flexibility index (Phi) is 6.51. The molecule has 0 bridgehead atoms. The molecule has 1 saturated heterocycles. The van der Waals surface area contributed by atoms with Gasteiger partial charge < -0.3 is 15.8 Å². The summed E-state index contributed by atoms with van der Waals surface area (Å²) in [5, 5.41) is 3.52. The van der Waals surface area contributed by atoms with Gasteiger partial charge in [-0.1, -0.05) is 37.3 Å². The molecule has 0 amide bonds. The fourth-order valence-corrected chi connectivity index (χ4v) is 2.93. The van der Waals surface area contributed by atoms with Gasteiger partial charge in [0.15, 0.2) is 0 Å². The summed E-state index contributed by atoms with van der Waals surface area (Å²) >= 11 is 0. The number of ether oxygens (including phenoxy) is 1. The highest BCUT2D eigenvalue weighted by Gasteiger charge is 2.26. The van der Waals surface area contributed by atoms with Crippen molar-refractivity contribution in [3.05, 3.63) is 35.9 Å². The van der Waals surface area contributed by atoms with E-state index in [1.165, 1.54) is 12.0 Å². The third-order valence-electron chi connectivity index (χ3n) is 4.21. The van der Waals surface area contributed by atoms with Gasteiger partial charge in [-0.3, -0.25) is 0 Å². The maximum absolute atomic E-state index is 6.18. The van der Waals surface area contributed by atoms with Crippen LogP contribution in [0.1, 0.15) is 31.7 Å². The zero-order valence-corrected chi connectivity index (χ0v) is 12.6. The second-order valence-electron chi connectivity index (χ2n) is 5.81. The lowest BCUT2D eigenvalue weighted by atomic mass is 9.99. The standard InChI is InChI=1S/C17H28N2O/c1-2-17-15(10-11-20-17)12-19-13-16(18)9-8-14-6-4-3-5-7-14/h3-7,15-17,19H,2,8-13,18H2,1H3. The van der Waals surface area contributed by atoms with Crippen molar-refractivity contribution in [2.24, 2.45) is 11.7 Å². The molecular formula is C17H28N2O. The summed E-state index contributed by atoms with van der Waals surface area (Å²) in [5.41, 5.74) is 7.55. The predicted molar refractivity (Wildman–Crippen MR) is 83.7 cm³/mol. The van der Waals surface area contributed by atoms with Crippen molar-refractivity contribution in [3.63, 3.8) is 0 Å². The summed E-state index contributed by atoms with van der Waals surface area (Å²) in [6.45, 7) is 5.07. The molecule has 3 atom stereocenters. The van der Waals surface area contributed by atoms with Crippen LogP contribution in [0.2, 0.25) is 0 Å². The molecule has 112 valence electrons. The molecule has 1 heterocycles. The highest BCUT2D eigenvalue weighted by Crippen LogP contribution is 2.22. The fraction of sp³-hybridized carbons (Fsp3) is 0.647. The molecular weight excluding hydrogens is 248 g/mol. The lowest BCUT2D eigenvalue weighted by molar-refractivity contribution is 0.0872. The number of hydrogen-bond donors (Lipinski definition) is 2. The number of benzene rings is 1. The molecule has 2 rings (SSSR count). The Morgan fingerprint density at radius 1 is 1.35 bits per heavy atom. The second kappa shape index (κ2) is 8.40. The van der Waals surface area contributed by atoms with Crippen molar-refractivity contribution in [2.75, 3.05) is 19.7 Å². The molecule has 1 aromatic rings. The Morgan fingerprint density at radius 3 is 2.90 bits per heavy atom. The van der Waals surface area contributed by atoms with Crippen molar-refractivity contribution >= 4 is 0 Å². The van der Waals surface area contributed by atoms with E-state index in [1.807, 2.05) is 0 Å². The number of hydrogen-bond acceptors (Lipinski definition) is 3. The molecule has 1 aromatic carbocycles. The molecule has 3 nitrogen and oxygen atoms in total. The fourth-order valence-electron chi connectivity index (χ4n) is 2.93. The van der Waals surface area contributed by atoms with Crippen molar-refractivity contribution in [3.8, 4) is 0 Å². The van der Waals surface area contributed by atoms with Gasteiger partial charge in [-0.05, 0) is 37.2 Å². The summed E-state index contributed by atoms with van der Waals surface area (Å²) in [6, 6.07) is 10.8. The molecule has 0 aliphatic carbocycles. The molecule has 3 heteroatoms. The first-order valence-electron chi connectivity index (χ1n) is 7.91. The average molecular weight is 276 g/mol. The van der Waals surface area contributed by atoms with Gasteiger partial charge in [-0.25, -0.2) is 0 Å². The van der Waals surface area contributed by atoms with Crippen molar-refractivity contribution < 1.29 is 4.74 Å². The van der Waals surface area contributed by atoms with Gasteiger partial charge in [0.25, 0.3) is 0 Å². The maximum Gasteiger partial charge on any atom is 0.0613 e. The number of rotatable bonds is 8. The number of nitrogens with two attached hydrogens (primary N) is 1. The molecule has 1 aliphatic heterocycles. The summed E-state index contributed by atoms with van der Waals surface area (Å²) in [5.74, 6) is 0.668. The quantitative estimate of drug-likeness (QED) is 0.766. The van der Waals surface area contributed by atoms with Crippen molar-refractivity contribution in [1.82, 2.24) is 5.32 Å².